The molecule has 0 spiro atoms. The van der Waals surface area contributed by atoms with E-state index in [1.54, 1.807) is 12.3 Å². The number of aryl methyl sites for hydroxylation is 2. The number of hydrogen-bond acceptors (Lipinski definition) is 6. The number of thioether (sulfide) groups is 1. The minimum absolute atomic E-state index is 0.0425. The first-order valence-electron chi connectivity index (χ1n) is 8.77. The van der Waals surface area contributed by atoms with Crippen molar-refractivity contribution in [1.29, 1.82) is 0 Å². The lowest BCUT2D eigenvalue weighted by Gasteiger charge is -2.20. The standard InChI is InChI=1S/C20H19N3O4S/c1-13-3-4-17(7-14(13)2)22-6-5-21-20(22)28-11-16-9-18(23(24)25)8-15-10-26-12-27-19(15)16/h3-9H,10-12H2,1-2H3. The van der Waals surface area contributed by atoms with Crippen molar-refractivity contribution in [2.24, 2.45) is 0 Å². The highest BCUT2D eigenvalue weighted by atomic mass is 32.2. The number of non-ortho nitro benzene ring substituents is 1. The molecule has 0 bridgehead atoms. The van der Waals surface area contributed by atoms with Crippen molar-refractivity contribution >= 4 is 17.4 Å². The number of nitrogens with zero attached hydrogens (tertiary/aromatic N) is 3. The predicted octanol–water partition coefficient (Wildman–Crippen LogP) is 4.56. The zero-order valence-electron chi connectivity index (χ0n) is 15.5. The van der Waals surface area contributed by atoms with Crippen LogP contribution in [0.2, 0.25) is 0 Å². The summed E-state index contributed by atoms with van der Waals surface area (Å²) in [5.41, 5.74) is 5.00. The van der Waals surface area contributed by atoms with E-state index in [0.29, 0.717) is 23.7 Å². The molecule has 144 valence electrons. The number of aromatic nitrogens is 2. The quantitative estimate of drug-likeness (QED) is 0.357. The van der Waals surface area contributed by atoms with Crippen molar-refractivity contribution in [2.75, 3.05) is 6.79 Å². The van der Waals surface area contributed by atoms with Crippen molar-refractivity contribution in [1.82, 2.24) is 9.55 Å². The van der Waals surface area contributed by atoms with Crippen LogP contribution in [0.1, 0.15) is 22.3 Å². The molecule has 0 N–H and O–H groups in total. The molecule has 0 radical (unpaired) electrons. The van der Waals surface area contributed by atoms with Crippen LogP contribution in [0.3, 0.4) is 0 Å². The van der Waals surface area contributed by atoms with Gasteiger partial charge in [-0.2, -0.15) is 0 Å². The average Bonchev–Trinajstić information content (AvgIpc) is 3.16. The van der Waals surface area contributed by atoms with E-state index >= 15 is 0 Å². The molecule has 4 rings (SSSR count). The van der Waals surface area contributed by atoms with E-state index in [2.05, 4.69) is 37.0 Å². The average molecular weight is 397 g/mol. The lowest BCUT2D eigenvalue weighted by molar-refractivity contribution is -0.385. The molecule has 1 aliphatic rings. The summed E-state index contributed by atoms with van der Waals surface area (Å²) in [6.45, 7) is 4.63. The molecule has 2 heterocycles. The second kappa shape index (κ2) is 7.65. The van der Waals surface area contributed by atoms with E-state index in [0.717, 1.165) is 16.4 Å². The number of nitro benzene ring substituents is 1. The van der Waals surface area contributed by atoms with Gasteiger partial charge in [-0.25, -0.2) is 4.98 Å². The largest absolute Gasteiger partial charge is 0.467 e. The Balaban J connectivity index is 1.62. The van der Waals surface area contributed by atoms with E-state index < -0.39 is 0 Å². The van der Waals surface area contributed by atoms with Crippen LogP contribution in [0.15, 0.2) is 47.9 Å². The molecule has 0 aliphatic carbocycles. The second-order valence-corrected chi connectivity index (χ2v) is 7.54. The minimum atomic E-state index is -0.390. The third-order valence-corrected chi connectivity index (χ3v) is 5.73. The summed E-state index contributed by atoms with van der Waals surface area (Å²) in [6.07, 6.45) is 3.67. The minimum Gasteiger partial charge on any atom is -0.467 e. The summed E-state index contributed by atoms with van der Waals surface area (Å²) in [5, 5.41) is 12.1. The first kappa shape index (κ1) is 18.5. The van der Waals surface area contributed by atoms with Crippen molar-refractivity contribution < 1.29 is 14.4 Å². The van der Waals surface area contributed by atoms with Gasteiger partial charge in [0.1, 0.15) is 5.75 Å². The van der Waals surface area contributed by atoms with E-state index in [9.17, 15) is 10.1 Å². The summed E-state index contributed by atoms with van der Waals surface area (Å²) in [6, 6.07) is 9.35. The Morgan fingerprint density at radius 3 is 2.89 bits per heavy atom. The number of fused-ring (bicyclic) bond motifs is 1. The van der Waals surface area contributed by atoms with Gasteiger partial charge >= 0.3 is 0 Å². The molecule has 1 aromatic heterocycles. The van der Waals surface area contributed by atoms with Gasteiger partial charge in [0.2, 0.25) is 0 Å². The normalized spacial score (nSPS) is 13.1. The Labute approximate surface area is 166 Å². The second-order valence-electron chi connectivity index (χ2n) is 6.60. The van der Waals surface area contributed by atoms with Crippen LogP contribution in [0, 0.1) is 24.0 Å². The molecule has 0 fully saturated rings. The van der Waals surface area contributed by atoms with Crippen LogP contribution in [0.5, 0.6) is 5.75 Å². The maximum atomic E-state index is 11.3. The lowest BCUT2D eigenvalue weighted by Crippen LogP contribution is -2.13. The monoisotopic (exact) mass is 397 g/mol. The van der Waals surface area contributed by atoms with E-state index in [-0.39, 0.29) is 17.4 Å². The number of rotatable bonds is 5. The first-order chi connectivity index (χ1) is 13.5. The van der Waals surface area contributed by atoms with Crippen LogP contribution >= 0.6 is 11.8 Å². The Hall–Kier alpha value is -2.84. The summed E-state index contributed by atoms with van der Waals surface area (Å²) < 4.78 is 12.9. The topological polar surface area (TPSA) is 79.4 Å². The summed E-state index contributed by atoms with van der Waals surface area (Å²) in [4.78, 5) is 15.3. The van der Waals surface area contributed by atoms with Crippen molar-refractivity contribution in [3.63, 3.8) is 0 Å². The highest BCUT2D eigenvalue weighted by molar-refractivity contribution is 7.98. The molecule has 7 nitrogen and oxygen atoms in total. The van der Waals surface area contributed by atoms with Gasteiger partial charge in [-0.15, -0.1) is 0 Å². The molecule has 8 heteroatoms. The number of imidazole rings is 1. The molecule has 0 saturated heterocycles. The molecule has 0 saturated carbocycles. The maximum Gasteiger partial charge on any atom is 0.270 e. The third kappa shape index (κ3) is 3.61. The fourth-order valence-electron chi connectivity index (χ4n) is 3.10. The van der Waals surface area contributed by atoms with Gasteiger partial charge in [-0.05, 0) is 37.1 Å². The Bertz CT molecular complexity index is 1050. The maximum absolute atomic E-state index is 11.3. The summed E-state index contributed by atoms with van der Waals surface area (Å²) >= 11 is 1.51. The molecule has 0 atom stereocenters. The third-order valence-electron chi connectivity index (χ3n) is 4.71. The van der Waals surface area contributed by atoms with Gasteiger partial charge in [0.15, 0.2) is 11.9 Å². The Morgan fingerprint density at radius 2 is 2.11 bits per heavy atom. The molecule has 28 heavy (non-hydrogen) atoms. The highest BCUT2D eigenvalue weighted by Gasteiger charge is 2.21. The van der Waals surface area contributed by atoms with Crippen molar-refractivity contribution in [2.45, 2.75) is 31.4 Å². The number of nitro groups is 1. The zero-order valence-corrected chi connectivity index (χ0v) is 16.4. The number of benzene rings is 2. The van der Waals surface area contributed by atoms with Gasteiger partial charge in [0.25, 0.3) is 5.69 Å². The number of ether oxygens (including phenoxy) is 2. The molecule has 0 unspecified atom stereocenters. The van der Waals surface area contributed by atoms with Crippen molar-refractivity contribution in [3.8, 4) is 11.4 Å². The molecular formula is C20H19N3O4S. The van der Waals surface area contributed by atoms with E-state index in [1.165, 1.54) is 29.0 Å². The van der Waals surface area contributed by atoms with Crippen LogP contribution in [0.25, 0.3) is 5.69 Å². The molecule has 3 aromatic rings. The van der Waals surface area contributed by atoms with Gasteiger partial charge in [0, 0.05) is 47.1 Å². The molecule has 1 aliphatic heterocycles. The Morgan fingerprint density at radius 1 is 1.25 bits per heavy atom. The molecule has 2 aromatic carbocycles. The van der Waals surface area contributed by atoms with E-state index in [4.69, 9.17) is 9.47 Å². The van der Waals surface area contributed by atoms with Crippen LogP contribution in [0.4, 0.5) is 5.69 Å². The first-order valence-corrected chi connectivity index (χ1v) is 9.76. The summed E-state index contributed by atoms with van der Waals surface area (Å²) in [7, 11) is 0. The highest BCUT2D eigenvalue weighted by Crippen LogP contribution is 2.36. The number of hydrogen-bond donors (Lipinski definition) is 0. The zero-order chi connectivity index (χ0) is 19.7. The SMILES string of the molecule is Cc1ccc(-n2ccnc2SCc2cc([N+](=O)[O-])cc3c2OCOC3)cc1C. The molecule has 0 amide bonds. The van der Waals surface area contributed by atoms with Gasteiger partial charge in [-0.1, -0.05) is 17.8 Å². The fraction of sp³-hybridized carbons (Fsp3) is 0.250. The van der Waals surface area contributed by atoms with Gasteiger partial charge in [0.05, 0.1) is 11.5 Å². The molecular weight excluding hydrogens is 378 g/mol. The fourth-order valence-corrected chi connectivity index (χ4v) is 4.04. The van der Waals surface area contributed by atoms with Crippen LogP contribution < -0.4 is 4.74 Å². The summed E-state index contributed by atoms with van der Waals surface area (Å²) in [5.74, 6) is 1.18. The van der Waals surface area contributed by atoms with E-state index in [1.807, 2.05) is 10.8 Å². The van der Waals surface area contributed by atoms with Gasteiger partial charge < -0.3 is 9.47 Å². The Kier molecular flexibility index (Phi) is 5.06. The van der Waals surface area contributed by atoms with Crippen LogP contribution in [-0.4, -0.2) is 21.3 Å². The van der Waals surface area contributed by atoms with Crippen LogP contribution in [-0.2, 0) is 17.1 Å². The van der Waals surface area contributed by atoms with Crippen molar-refractivity contribution in [3.05, 3.63) is 75.1 Å². The van der Waals surface area contributed by atoms with Gasteiger partial charge in [-0.3, -0.25) is 14.7 Å². The predicted molar refractivity (Wildman–Crippen MR) is 106 cm³/mol. The smallest absolute Gasteiger partial charge is 0.270 e. The lowest BCUT2D eigenvalue weighted by atomic mass is 10.1.